The Kier molecular flexibility index (Phi) is 6.28. The van der Waals surface area contributed by atoms with Gasteiger partial charge in [-0.25, -0.2) is 4.79 Å². The van der Waals surface area contributed by atoms with E-state index < -0.39 is 24.0 Å². The van der Waals surface area contributed by atoms with Crippen molar-refractivity contribution >= 4 is 11.9 Å². The maximum Gasteiger partial charge on any atom is 0.338 e. The Morgan fingerprint density at radius 2 is 1.69 bits per heavy atom. The van der Waals surface area contributed by atoms with E-state index in [1.54, 1.807) is 0 Å². The van der Waals surface area contributed by atoms with Crippen molar-refractivity contribution in [2.45, 2.75) is 31.2 Å². The van der Waals surface area contributed by atoms with E-state index in [1.807, 2.05) is 0 Å². The molecule has 1 N–H and O–H groups in total. The molecular formula is C18H22N2O6. The Hall–Kier alpha value is -2.95. The summed E-state index contributed by atoms with van der Waals surface area (Å²) in [4.78, 5) is 24.3. The number of nitriles is 1. The predicted octanol–water partition coefficient (Wildman–Crippen LogP) is 1.82. The molecule has 0 aliphatic heterocycles. The van der Waals surface area contributed by atoms with Crippen molar-refractivity contribution in [3.8, 4) is 23.3 Å². The minimum Gasteiger partial charge on any atom is -0.493 e. The van der Waals surface area contributed by atoms with E-state index >= 15 is 0 Å². The molecule has 1 saturated carbocycles. The number of esters is 1. The number of benzene rings is 1. The molecule has 0 unspecified atom stereocenters. The van der Waals surface area contributed by atoms with Gasteiger partial charge in [-0.1, -0.05) is 0 Å². The first kappa shape index (κ1) is 19.4. The predicted molar refractivity (Wildman–Crippen MR) is 91.3 cm³/mol. The summed E-state index contributed by atoms with van der Waals surface area (Å²) in [5, 5.41) is 11.9. The zero-order valence-corrected chi connectivity index (χ0v) is 15.1. The third kappa shape index (κ3) is 4.17. The van der Waals surface area contributed by atoms with Crippen molar-refractivity contribution in [1.82, 2.24) is 5.32 Å². The zero-order chi connectivity index (χ0) is 19.2. The van der Waals surface area contributed by atoms with E-state index in [9.17, 15) is 14.9 Å². The van der Waals surface area contributed by atoms with Crippen molar-refractivity contribution in [2.24, 2.45) is 0 Å². The summed E-state index contributed by atoms with van der Waals surface area (Å²) >= 11 is 0. The standard InChI is InChI=1S/C18H22N2O6/c1-23-13-8-12(9-14(24-2)16(13)25-3)17(22)26-10-15(21)20-18(11-19)6-4-5-7-18/h8-9H,4-7,10H2,1-3H3,(H,20,21). The van der Waals surface area contributed by atoms with Crippen LogP contribution in [-0.2, 0) is 9.53 Å². The second kappa shape index (κ2) is 8.43. The van der Waals surface area contributed by atoms with Gasteiger partial charge in [0, 0.05) is 0 Å². The van der Waals surface area contributed by atoms with Gasteiger partial charge in [0.1, 0.15) is 5.54 Å². The molecule has 140 valence electrons. The van der Waals surface area contributed by atoms with Gasteiger partial charge in [0.2, 0.25) is 5.75 Å². The number of carbonyl (C=O) groups excluding carboxylic acids is 2. The number of ether oxygens (including phenoxy) is 4. The largest absolute Gasteiger partial charge is 0.493 e. The highest BCUT2D eigenvalue weighted by atomic mass is 16.5. The lowest BCUT2D eigenvalue weighted by atomic mass is 10.00. The van der Waals surface area contributed by atoms with Gasteiger partial charge in [0.15, 0.2) is 18.1 Å². The lowest BCUT2D eigenvalue weighted by molar-refractivity contribution is -0.125. The van der Waals surface area contributed by atoms with Crippen LogP contribution in [0.15, 0.2) is 12.1 Å². The minimum atomic E-state index is -0.851. The average molecular weight is 362 g/mol. The second-order valence-electron chi connectivity index (χ2n) is 5.94. The van der Waals surface area contributed by atoms with Crippen molar-refractivity contribution in [2.75, 3.05) is 27.9 Å². The summed E-state index contributed by atoms with van der Waals surface area (Å²) in [5.74, 6) is -0.261. The smallest absolute Gasteiger partial charge is 0.338 e. The molecule has 1 aromatic rings. The van der Waals surface area contributed by atoms with Crippen molar-refractivity contribution in [1.29, 1.82) is 5.26 Å². The van der Waals surface area contributed by atoms with E-state index in [4.69, 9.17) is 18.9 Å². The molecule has 1 fully saturated rings. The number of carbonyl (C=O) groups is 2. The maximum atomic E-state index is 12.3. The molecule has 8 nitrogen and oxygen atoms in total. The maximum absolute atomic E-state index is 12.3. The fourth-order valence-corrected chi connectivity index (χ4v) is 2.96. The van der Waals surface area contributed by atoms with Crippen LogP contribution < -0.4 is 19.5 Å². The number of hydrogen-bond donors (Lipinski definition) is 1. The van der Waals surface area contributed by atoms with Gasteiger partial charge >= 0.3 is 5.97 Å². The molecule has 0 radical (unpaired) electrons. The molecule has 0 saturated heterocycles. The van der Waals surface area contributed by atoms with Crippen LogP contribution in [0.5, 0.6) is 17.2 Å². The Morgan fingerprint density at radius 3 is 2.15 bits per heavy atom. The van der Waals surface area contributed by atoms with Gasteiger partial charge in [0.05, 0.1) is 33.0 Å². The quantitative estimate of drug-likeness (QED) is 0.737. The van der Waals surface area contributed by atoms with Gasteiger partial charge in [-0.15, -0.1) is 0 Å². The second-order valence-corrected chi connectivity index (χ2v) is 5.94. The first-order chi connectivity index (χ1) is 12.5. The molecule has 26 heavy (non-hydrogen) atoms. The molecular weight excluding hydrogens is 340 g/mol. The van der Waals surface area contributed by atoms with Gasteiger partial charge in [0.25, 0.3) is 5.91 Å². The SMILES string of the molecule is COc1cc(C(=O)OCC(=O)NC2(C#N)CCCC2)cc(OC)c1OC. The van der Waals surface area contributed by atoms with Crippen LogP contribution in [0.4, 0.5) is 0 Å². The number of methoxy groups -OCH3 is 3. The number of amides is 1. The fraction of sp³-hybridized carbons (Fsp3) is 0.500. The van der Waals surface area contributed by atoms with E-state index in [-0.39, 0.29) is 5.56 Å². The van der Waals surface area contributed by atoms with E-state index in [0.29, 0.717) is 30.1 Å². The average Bonchev–Trinajstić information content (AvgIpc) is 3.13. The van der Waals surface area contributed by atoms with E-state index in [2.05, 4.69) is 11.4 Å². The minimum absolute atomic E-state index is 0.156. The summed E-state index contributed by atoms with van der Waals surface area (Å²) < 4.78 is 20.6. The molecule has 1 aromatic carbocycles. The fourth-order valence-electron chi connectivity index (χ4n) is 2.96. The lowest BCUT2D eigenvalue weighted by Gasteiger charge is -2.21. The Morgan fingerprint density at radius 1 is 1.12 bits per heavy atom. The summed E-state index contributed by atoms with van der Waals surface area (Å²) in [5.41, 5.74) is -0.695. The van der Waals surface area contributed by atoms with Gasteiger partial charge < -0.3 is 24.3 Å². The van der Waals surface area contributed by atoms with E-state index in [1.165, 1.54) is 33.5 Å². The Balaban J connectivity index is 2.03. The molecule has 0 aromatic heterocycles. The highest BCUT2D eigenvalue weighted by molar-refractivity contribution is 5.93. The number of nitrogens with zero attached hydrogens (tertiary/aromatic N) is 1. The van der Waals surface area contributed by atoms with Gasteiger partial charge in [-0.2, -0.15) is 5.26 Å². The van der Waals surface area contributed by atoms with Crippen LogP contribution in [0, 0.1) is 11.3 Å². The third-order valence-electron chi connectivity index (χ3n) is 4.28. The number of hydrogen-bond acceptors (Lipinski definition) is 7. The molecule has 0 spiro atoms. The summed E-state index contributed by atoms with van der Waals surface area (Å²) in [6.45, 7) is -0.473. The summed E-state index contributed by atoms with van der Waals surface area (Å²) in [6, 6.07) is 5.03. The number of nitrogens with one attached hydrogen (secondary N) is 1. The van der Waals surface area contributed by atoms with Crippen molar-refractivity contribution in [3.63, 3.8) is 0 Å². The first-order valence-electron chi connectivity index (χ1n) is 8.18. The van der Waals surface area contributed by atoms with Crippen molar-refractivity contribution in [3.05, 3.63) is 17.7 Å². The van der Waals surface area contributed by atoms with Crippen LogP contribution in [-0.4, -0.2) is 45.4 Å². The van der Waals surface area contributed by atoms with Gasteiger partial charge in [-0.05, 0) is 37.8 Å². The molecule has 1 aliphatic rings. The van der Waals surface area contributed by atoms with Crippen LogP contribution >= 0.6 is 0 Å². The monoisotopic (exact) mass is 362 g/mol. The van der Waals surface area contributed by atoms with Crippen LogP contribution in [0.3, 0.4) is 0 Å². The summed E-state index contributed by atoms with van der Waals surface area (Å²) in [6.07, 6.45) is 2.99. The number of rotatable bonds is 7. The Labute approximate surface area is 152 Å². The molecule has 1 amide bonds. The highest BCUT2D eigenvalue weighted by Crippen LogP contribution is 2.38. The molecule has 1 aliphatic carbocycles. The van der Waals surface area contributed by atoms with Gasteiger partial charge in [-0.3, -0.25) is 4.79 Å². The molecule has 0 atom stereocenters. The molecule has 2 rings (SSSR count). The normalized spacial score (nSPS) is 14.8. The van der Waals surface area contributed by atoms with Crippen LogP contribution in [0.2, 0.25) is 0 Å². The Bertz CT molecular complexity index is 694. The highest BCUT2D eigenvalue weighted by Gasteiger charge is 2.35. The van der Waals surface area contributed by atoms with Crippen LogP contribution in [0.1, 0.15) is 36.0 Å². The zero-order valence-electron chi connectivity index (χ0n) is 15.1. The first-order valence-corrected chi connectivity index (χ1v) is 8.18. The lowest BCUT2D eigenvalue weighted by Crippen LogP contribution is -2.46. The molecule has 0 heterocycles. The van der Waals surface area contributed by atoms with Crippen molar-refractivity contribution < 1.29 is 28.5 Å². The van der Waals surface area contributed by atoms with E-state index in [0.717, 1.165) is 12.8 Å². The van der Waals surface area contributed by atoms with Crippen LogP contribution in [0.25, 0.3) is 0 Å². The third-order valence-corrected chi connectivity index (χ3v) is 4.28. The topological polar surface area (TPSA) is 107 Å². The molecule has 8 heteroatoms. The molecule has 0 bridgehead atoms. The summed E-state index contributed by atoms with van der Waals surface area (Å²) in [7, 11) is 4.32.